The van der Waals surface area contributed by atoms with Crippen molar-refractivity contribution in [1.29, 1.82) is 0 Å². The third-order valence-corrected chi connectivity index (χ3v) is 5.18. The van der Waals surface area contributed by atoms with Crippen molar-refractivity contribution in [2.75, 3.05) is 5.32 Å². The number of hydrogen-bond acceptors (Lipinski definition) is 7. The topological polar surface area (TPSA) is 92.2 Å². The number of aromatic nitrogens is 2. The Kier molecular flexibility index (Phi) is 3.83. The highest BCUT2D eigenvalue weighted by Crippen LogP contribution is 2.33. The molecule has 1 aliphatic rings. The number of ketones is 1. The van der Waals surface area contributed by atoms with Crippen LogP contribution in [0.25, 0.3) is 10.6 Å². The van der Waals surface area contributed by atoms with Crippen molar-refractivity contribution in [3.63, 3.8) is 0 Å². The monoisotopic (exact) mass is 323 g/mol. The van der Waals surface area contributed by atoms with E-state index in [0.29, 0.717) is 23.0 Å². The molecule has 21 heavy (non-hydrogen) atoms. The molecule has 0 aromatic carbocycles. The highest BCUT2D eigenvalue weighted by atomic mass is 32.1. The van der Waals surface area contributed by atoms with E-state index in [2.05, 4.69) is 15.3 Å². The van der Waals surface area contributed by atoms with Gasteiger partial charge in [0.25, 0.3) is 0 Å². The number of aliphatic hydroxyl groups excluding tert-OH is 1. The van der Waals surface area contributed by atoms with Crippen LogP contribution in [0.3, 0.4) is 0 Å². The third-order valence-electron chi connectivity index (χ3n) is 3.26. The Morgan fingerprint density at radius 3 is 2.86 bits per heavy atom. The Labute approximate surface area is 128 Å². The van der Waals surface area contributed by atoms with Gasteiger partial charge in [0, 0.05) is 18.2 Å². The Hall–Kier alpha value is -1.64. The second kappa shape index (κ2) is 5.63. The van der Waals surface area contributed by atoms with Crippen molar-refractivity contribution < 1.29 is 14.7 Å². The average Bonchev–Trinajstić information content (AvgIpc) is 3.01. The summed E-state index contributed by atoms with van der Waals surface area (Å²) in [5.41, 5.74) is 1.56. The van der Waals surface area contributed by atoms with E-state index in [9.17, 15) is 9.59 Å². The van der Waals surface area contributed by atoms with E-state index < -0.39 is 0 Å². The number of aryl methyl sites for hydroxylation is 1. The molecule has 1 saturated carbocycles. The number of nitrogens with zero attached hydrogens (tertiary/aromatic N) is 2. The van der Waals surface area contributed by atoms with Crippen LogP contribution in [0.1, 0.15) is 23.5 Å². The van der Waals surface area contributed by atoms with Gasteiger partial charge in [-0.1, -0.05) is 0 Å². The molecule has 0 aliphatic heterocycles. The molecule has 1 amide bonds. The van der Waals surface area contributed by atoms with Gasteiger partial charge in [0.2, 0.25) is 5.91 Å². The van der Waals surface area contributed by atoms with Crippen molar-refractivity contribution in [2.24, 2.45) is 5.92 Å². The first-order valence-corrected chi connectivity index (χ1v) is 8.12. The van der Waals surface area contributed by atoms with Gasteiger partial charge in [-0.25, -0.2) is 9.97 Å². The summed E-state index contributed by atoms with van der Waals surface area (Å²) in [5, 5.41) is 14.9. The van der Waals surface area contributed by atoms with Crippen LogP contribution in [0, 0.1) is 12.8 Å². The Bertz CT molecular complexity index is 699. The third kappa shape index (κ3) is 2.87. The SMILES string of the molecule is Cc1nc(CO)sc1-c1csc(NC(=O)C2CC(=O)C2)n1. The quantitative estimate of drug-likeness (QED) is 0.897. The van der Waals surface area contributed by atoms with Gasteiger partial charge >= 0.3 is 0 Å². The molecule has 2 heterocycles. The van der Waals surface area contributed by atoms with Gasteiger partial charge in [-0.2, -0.15) is 0 Å². The van der Waals surface area contributed by atoms with Gasteiger partial charge in [-0.15, -0.1) is 22.7 Å². The molecule has 0 unspecified atom stereocenters. The molecule has 0 bridgehead atoms. The lowest BCUT2D eigenvalue weighted by atomic mass is 9.83. The fourth-order valence-corrected chi connectivity index (χ4v) is 3.74. The number of thiazole rings is 2. The number of rotatable bonds is 4. The number of Topliss-reactive ketones (excluding diaryl/α,β-unsaturated/α-hetero) is 1. The van der Waals surface area contributed by atoms with Crippen molar-refractivity contribution in [3.05, 3.63) is 16.1 Å². The minimum Gasteiger partial charge on any atom is -0.389 e. The van der Waals surface area contributed by atoms with E-state index >= 15 is 0 Å². The van der Waals surface area contributed by atoms with Gasteiger partial charge in [0.15, 0.2) is 5.13 Å². The number of amides is 1. The van der Waals surface area contributed by atoms with Crippen LogP contribution in [-0.2, 0) is 16.2 Å². The summed E-state index contributed by atoms with van der Waals surface area (Å²) in [6.07, 6.45) is 0.662. The summed E-state index contributed by atoms with van der Waals surface area (Å²) in [4.78, 5) is 32.3. The molecular weight excluding hydrogens is 310 g/mol. The first-order chi connectivity index (χ1) is 10.1. The summed E-state index contributed by atoms with van der Waals surface area (Å²) < 4.78 is 0. The summed E-state index contributed by atoms with van der Waals surface area (Å²) in [6.45, 7) is 1.78. The van der Waals surface area contributed by atoms with Crippen LogP contribution < -0.4 is 5.32 Å². The van der Waals surface area contributed by atoms with Gasteiger partial charge in [0.05, 0.1) is 28.8 Å². The summed E-state index contributed by atoms with van der Waals surface area (Å²) in [7, 11) is 0. The van der Waals surface area contributed by atoms with E-state index in [0.717, 1.165) is 16.3 Å². The molecule has 8 heteroatoms. The molecule has 0 saturated heterocycles. The molecule has 0 spiro atoms. The zero-order valence-electron chi connectivity index (χ0n) is 11.3. The van der Waals surface area contributed by atoms with Crippen LogP contribution in [0.4, 0.5) is 5.13 Å². The molecule has 3 rings (SSSR count). The smallest absolute Gasteiger partial charge is 0.230 e. The highest BCUT2D eigenvalue weighted by Gasteiger charge is 2.33. The number of hydrogen-bond donors (Lipinski definition) is 2. The van der Waals surface area contributed by atoms with Gasteiger partial charge in [0.1, 0.15) is 10.8 Å². The lowest BCUT2D eigenvalue weighted by Crippen LogP contribution is -2.34. The molecule has 0 radical (unpaired) electrons. The summed E-state index contributed by atoms with van der Waals surface area (Å²) in [5.74, 6) is -0.227. The zero-order chi connectivity index (χ0) is 15.0. The minimum absolute atomic E-state index is 0.0883. The van der Waals surface area contributed by atoms with Crippen LogP contribution in [0.5, 0.6) is 0 Å². The minimum atomic E-state index is -0.212. The Morgan fingerprint density at radius 1 is 1.48 bits per heavy atom. The molecule has 2 aromatic rings. The second-order valence-corrected chi connectivity index (χ2v) is 6.79. The van der Waals surface area contributed by atoms with E-state index in [-0.39, 0.29) is 24.2 Å². The van der Waals surface area contributed by atoms with Crippen molar-refractivity contribution in [1.82, 2.24) is 9.97 Å². The molecule has 0 atom stereocenters. The fraction of sp³-hybridized carbons (Fsp3) is 0.385. The molecule has 2 N–H and O–H groups in total. The summed E-state index contributed by atoms with van der Waals surface area (Å²) in [6, 6.07) is 0. The summed E-state index contributed by atoms with van der Waals surface area (Å²) >= 11 is 2.73. The normalized spacial score (nSPS) is 15.0. The van der Waals surface area contributed by atoms with Gasteiger partial charge in [-0.05, 0) is 6.92 Å². The average molecular weight is 323 g/mol. The standard InChI is InChI=1S/C13H13N3O3S2/c1-6-11(21-10(4-17)14-6)9-5-20-13(15-9)16-12(19)7-2-8(18)3-7/h5,7,17H,2-4H2,1H3,(H,15,16,19). The highest BCUT2D eigenvalue weighted by molar-refractivity contribution is 7.17. The van der Waals surface area contributed by atoms with Crippen LogP contribution >= 0.6 is 22.7 Å². The maximum Gasteiger partial charge on any atom is 0.230 e. The van der Waals surface area contributed by atoms with Gasteiger partial charge in [-0.3, -0.25) is 9.59 Å². The Balaban J connectivity index is 1.72. The number of anilines is 1. The predicted octanol–water partition coefficient (Wildman–Crippen LogP) is 1.98. The molecule has 110 valence electrons. The fourth-order valence-electron chi connectivity index (χ4n) is 2.08. The first-order valence-electron chi connectivity index (χ1n) is 6.42. The number of aliphatic hydroxyl groups is 1. The lowest BCUT2D eigenvalue weighted by Gasteiger charge is -2.21. The molecule has 2 aromatic heterocycles. The predicted molar refractivity (Wildman–Crippen MR) is 80.2 cm³/mol. The van der Waals surface area contributed by atoms with Crippen molar-refractivity contribution in [3.8, 4) is 10.6 Å². The number of carbonyl (C=O) groups is 2. The van der Waals surface area contributed by atoms with E-state index in [1.54, 1.807) is 0 Å². The Morgan fingerprint density at radius 2 is 2.24 bits per heavy atom. The number of carbonyl (C=O) groups excluding carboxylic acids is 2. The van der Waals surface area contributed by atoms with E-state index in [4.69, 9.17) is 5.11 Å². The van der Waals surface area contributed by atoms with Crippen molar-refractivity contribution >= 4 is 39.5 Å². The largest absolute Gasteiger partial charge is 0.389 e. The number of nitrogens with one attached hydrogen (secondary N) is 1. The van der Waals surface area contributed by atoms with Crippen LogP contribution in [0.2, 0.25) is 0 Å². The molecule has 1 fully saturated rings. The van der Waals surface area contributed by atoms with E-state index in [1.165, 1.54) is 22.7 Å². The van der Waals surface area contributed by atoms with E-state index in [1.807, 2.05) is 12.3 Å². The molecular formula is C13H13N3O3S2. The van der Waals surface area contributed by atoms with Crippen LogP contribution in [0.15, 0.2) is 5.38 Å². The maximum atomic E-state index is 11.9. The van der Waals surface area contributed by atoms with Crippen LogP contribution in [-0.4, -0.2) is 26.8 Å². The van der Waals surface area contributed by atoms with Crippen molar-refractivity contribution in [2.45, 2.75) is 26.4 Å². The molecule has 1 aliphatic carbocycles. The maximum absolute atomic E-state index is 11.9. The first kappa shape index (κ1) is 14.3. The second-order valence-electron chi connectivity index (χ2n) is 4.85. The molecule has 6 nitrogen and oxygen atoms in total. The lowest BCUT2D eigenvalue weighted by molar-refractivity contribution is -0.135. The van der Waals surface area contributed by atoms with Gasteiger partial charge < -0.3 is 10.4 Å². The zero-order valence-corrected chi connectivity index (χ0v) is 12.9.